The molecule has 1 heterocycles. The highest BCUT2D eigenvalue weighted by molar-refractivity contribution is 5.90. The summed E-state index contributed by atoms with van der Waals surface area (Å²) in [5.74, 6) is -0.321. The van der Waals surface area contributed by atoms with Crippen LogP contribution >= 0.6 is 0 Å². The van der Waals surface area contributed by atoms with Gasteiger partial charge >= 0.3 is 0 Å². The predicted molar refractivity (Wildman–Crippen MR) is 46.1 cm³/mol. The molecule has 2 aromatic rings. The summed E-state index contributed by atoms with van der Waals surface area (Å²) in [5.41, 5.74) is 6.60. The van der Waals surface area contributed by atoms with Gasteiger partial charge in [-0.15, -0.1) is 0 Å². The zero-order chi connectivity index (χ0) is 8.55. The van der Waals surface area contributed by atoms with E-state index < -0.39 is 0 Å². The Morgan fingerprint density at radius 3 is 2.83 bits per heavy atom. The number of hydrogen-bond acceptors (Lipinski definition) is 2. The number of fused-ring (bicyclic) bond motifs is 1. The molecule has 0 saturated carbocycles. The van der Waals surface area contributed by atoms with Gasteiger partial charge in [0.15, 0.2) is 0 Å². The van der Waals surface area contributed by atoms with Crippen LogP contribution in [0, 0.1) is 5.82 Å². The molecule has 2 nitrogen and oxygen atoms in total. The average Bonchev–Trinajstić information content (AvgIpc) is 2.04. The fraction of sp³-hybridized carbons (Fsp3) is 0. The number of rotatable bonds is 0. The van der Waals surface area contributed by atoms with E-state index in [1.165, 1.54) is 12.3 Å². The van der Waals surface area contributed by atoms with Gasteiger partial charge in [-0.25, -0.2) is 4.39 Å². The molecule has 0 fully saturated rings. The lowest BCUT2D eigenvalue weighted by Crippen LogP contribution is -1.90. The lowest BCUT2D eigenvalue weighted by atomic mass is 10.2. The van der Waals surface area contributed by atoms with E-state index in [4.69, 9.17) is 5.73 Å². The zero-order valence-corrected chi connectivity index (χ0v) is 6.29. The van der Waals surface area contributed by atoms with E-state index in [0.29, 0.717) is 16.6 Å². The minimum absolute atomic E-state index is 0.321. The molecule has 0 atom stereocenters. The largest absolute Gasteiger partial charge is 0.398 e. The molecule has 1 aromatic carbocycles. The van der Waals surface area contributed by atoms with Crippen LogP contribution < -0.4 is 5.73 Å². The van der Waals surface area contributed by atoms with Crippen molar-refractivity contribution in [3.05, 3.63) is 36.3 Å². The molecule has 1 aromatic heterocycles. The third-order valence-corrected chi connectivity index (χ3v) is 1.75. The van der Waals surface area contributed by atoms with Gasteiger partial charge in [-0.1, -0.05) is 6.07 Å². The second kappa shape index (κ2) is 2.44. The summed E-state index contributed by atoms with van der Waals surface area (Å²) < 4.78 is 13.1. The lowest BCUT2D eigenvalue weighted by Gasteiger charge is -2.00. The number of pyridine rings is 1. The Labute approximate surface area is 68.8 Å². The minimum atomic E-state index is -0.321. The molecule has 0 spiro atoms. The molecule has 2 rings (SSSR count). The van der Waals surface area contributed by atoms with Crippen LogP contribution in [0.1, 0.15) is 0 Å². The van der Waals surface area contributed by atoms with Crippen LogP contribution in [-0.4, -0.2) is 4.98 Å². The fourth-order valence-corrected chi connectivity index (χ4v) is 1.19. The number of aromatic nitrogens is 1. The number of hydrogen-bond donors (Lipinski definition) is 1. The molecule has 3 heteroatoms. The summed E-state index contributed by atoms with van der Waals surface area (Å²) in [7, 11) is 0. The Bertz CT molecular complexity index is 389. The maximum Gasteiger partial charge on any atom is 0.136 e. The standard InChI is InChI=1S/C9H7FN2/c10-6-4-5-12-8-3-1-2-7(11)9(6)8/h1-5H,11H2. The molecule has 0 saturated heterocycles. The molecule has 0 unspecified atom stereocenters. The second-order valence-corrected chi connectivity index (χ2v) is 2.53. The Morgan fingerprint density at radius 2 is 2.08 bits per heavy atom. The van der Waals surface area contributed by atoms with E-state index in [1.54, 1.807) is 18.2 Å². The van der Waals surface area contributed by atoms with Crippen LogP contribution in [0.25, 0.3) is 10.9 Å². The average molecular weight is 162 g/mol. The number of halogens is 1. The first-order chi connectivity index (χ1) is 5.79. The lowest BCUT2D eigenvalue weighted by molar-refractivity contribution is 0.639. The molecule has 0 radical (unpaired) electrons. The van der Waals surface area contributed by atoms with Crippen molar-refractivity contribution in [2.75, 3.05) is 5.73 Å². The van der Waals surface area contributed by atoms with Crippen molar-refractivity contribution in [3.8, 4) is 0 Å². The highest BCUT2D eigenvalue weighted by Gasteiger charge is 2.02. The van der Waals surface area contributed by atoms with Gasteiger partial charge in [0.05, 0.1) is 10.9 Å². The Morgan fingerprint density at radius 1 is 1.25 bits per heavy atom. The number of nitrogens with zero attached hydrogens (tertiary/aromatic N) is 1. The molecule has 0 aliphatic heterocycles. The first-order valence-electron chi connectivity index (χ1n) is 3.58. The monoisotopic (exact) mass is 162 g/mol. The molecule has 60 valence electrons. The summed E-state index contributed by atoms with van der Waals surface area (Å²) >= 11 is 0. The molecule has 0 amide bonds. The van der Waals surface area contributed by atoms with Crippen LogP contribution in [0.2, 0.25) is 0 Å². The van der Waals surface area contributed by atoms with Crippen molar-refractivity contribution in [3.63, 3.8) is 0 Å². The second-order valence-electron chi connectivity index (χ2n) is 2.53. The van der Waals surface area contributed by atoms with Crippen LogP contribution in [0.5, 0.6) is 0 Å². The maximum atomic E-state index is 13.1. The van der Waals surface area contributed by atoms with Gasteiger partial charge in [-0.2, -0.15) is 0 Å². The number of nitrogens with two attached hydrogens (primary N) is 1. The smallest absolute Gasteiger partial charge is 0.136 e. The fourth-order valence-electron chi connectivity index (χ4n) is 1.19. The van der Waals surface area contributed by atoms with Gasteiger partial charge < -0.3 is 5.73 Å². The number of anilines is 1. The van der Waals surface area contributed by atoms with Gasteiger partial charge in [-0.3, -0.25) is 4.98 Å². The van der Waals surface area contributed by atoms with E-state index in [-0.39, 0.29) is 5.82 Å². The van der Waals surface area contributed by atoms with E-state index in [1.807, 2.05) is 0 Å². The van der Waals surface area contributed by atoms with Crippen molar-refractivity contribution in [1.82, 2.24) is 4.98 Å². The van der Waals surface area contributed by atoms with Gasteiger partial charge in [-0.05, 0) is 18.2 Å². The van der Waals surface area contributed by atoms with Gasteiger partial charge in [0, 0.05) is 11.9 Å². The Balaban J connectivity index is 2.96. The third-order valence-electron chi connectivity index (χ3n) is 1.75. The normalized spacial score (nSPS) is 10.4. The summed E-state index contributed by atoms with van der Waals surface area (Å²) in [6.45, 7) is 0. The van der Waals surface area contributed by atoms with Gasteiger partial charge in [0.1, 0.15) is 5.82 Å². The molecule has 0 aliphatic rings. The Hall–Kier alpha value is -1.64. The summed E-state index contributed by atoms with van der Waals surface area (Å²) in [5, 5.41) is 0.403. The predicted octanol–water partition coefficient (Wildman–Crippen LogP) is 1.96. The van der Waals surface area contributed by atoms with Gasteiger partial charge in [0.2, 0.25) is 0 Å². The molecular weight excluding hydrogens is 155 g/mol. The summed E-state index contributed by atoms with van der Waals surface area (Å²) in [6.07, 6.45) is 1.43. The first-order valence-corrected chi connectivity index (χ1v) is 3.58. The highest BCUT2D eigenvalue weighted by atomic mass is 19.1. The highest BCUT2D eigenvalue weighted by Crippen LogP contribution is 2.21. The summed E-state index contributed by atoms with van der Waals surface area (Å²) in [6, 6.07) is 6.45. The van der Waals surface area contributed by atoms with Crippen LogP contribution in [0.15, 0.2) is 30.5 Å². The molecular formula is C9H7FN2. The minimum Gasteiger partial charge on any atom is -0.398 e. The van der Waals surface area contributed by atoms with E-state index in [2.05, 4.69) is 4.98 Å². The van der Waals surface area contributed by atoms with Gasteiger partial charge in [0.25, 0.3) is 0 Å². The molecule has 12 heavy (non-hydrogen) atoms. The molecule has 0 bridgehead atoms. The van der Waals surface area contributed by atoms with Crippen LogP contribution in [0.3, 0.4) is 0 Å². The van der Waals surface area contributed by atoms with Crippen LogP contribution in [-0.2, 0) is 0 Å². The number of nitrogen functional groups attached to an aromatic ring is 1. The molecule has 0 aliphatic carbocycles. The van der Waals surface area contributed by atoms with Crippen LogP contribution in [0.4, 0.5) is 10.1 Å². The van der Waals surface area contributed by atoms with E-state index >= 15 is 0 Å². The van der Waals surface area contributed by atoms with Crippen molar-refractivity contribution >= 4 is 16.6 Å². The topological polar surface area (TPSA) is 38.9 Å². The Kier molecular flexibility index (Phi) is 1.43. The van der Waals surface area contributed by atoms with Crippen molar-refractivity contribution in [2.45, 2.75) is 0 Å². The third kappa shape index (κ3) is 0.906. The molecule has 2 N–H and O–H groups in total. The SMILES string of the molecule is Nc1cccc2nccc(F)c12. The maximum absolute atomic E-state index is 13.1. The van der Waals surface area contributed by atoms with E-state index in [9.17, 15) is 4.39 Å². The zero-order valence-electron chi connectivity index (χ0n) is 6.29. The van der Waals surface area contributed by atoms with E-state index in [0.717, 1.165) is 0 Å². The van der Waals surface area contributed by atoms with Crippen molar-refractivity contribution < 1.29 is 4.39 Å². The van der Waals surface area contributed by atoms with Crippen molar-refractivity contribution in [1.29, 1.82) is 0 Å². The quantitative estimate of drug-likeness (QED) is 0.601. The van der Waals surface area contributed by atoms with Crippen molar-refractivity contribution in [2.24, 2.45) is 0 Å². The number of benzene rings is 1. The first kappa shape index (κ1) is 7.03. The summed E-state index contributed by atoms with van der Waals surface area (Å²) in [4.78, 5) is 3.98.